The molecule has 0 amide bonds. The van der Waals surface area contributed by atoms with E-state index < -0.39 is 0 Å². The Morgan fingerprint density at radius 2 is 1.70 bits per heavy atom. The standard InChI is InChI=1S/C16H29N3O/c1-15(2,3)11-19(7)13-9-12(10-20-8)17-14(18-13)16(4,5)6/h9H,10-11H2,1-8H3. The molecule has 0 aliphatic rings. The normalized spacial score (nSPS) is 12.6. The van der Waals surface area contributed by atoms with Gasteiger partial charge in [0.2, 0.25) is 0 Å². The van der Waals surface area contributed by atoms with Crippen LogP contribution in [0.4, 0.5) is 5.82 Å². The topological polar surface area (TPSA) is 38.2 Å². The summed E-state index contributed by atoms with van der Waals surface area (Å²) in [6, 6.07) is 2.02. The van der Waals surface area contributed by atoms with Crippen molar-refractivity contribution >= 4 is 5.82 Å². The SMILES string of the molecule is COCc1cc(N(C)CC(C)(C)C)nc(C(C)(C)C)n1. The molecule has 0 unspecified atom stereocenters. The molecule has 0 fully saturated rings. The second-order valence-electron chi connectivity index (χ2n) is 7.64. The summed E-state index contributed by atoms with van der Waals surface area (Å²) in [4.78, 5) is 11.5. The predicted octanol–water partition coefficient (Wildman–Crippen LogP) is 3.40. The van der Waals surface area contributed by atoms with Gasteiger partial charge in [-0.3, -0.25) is 0 Å². The Morgan fingerprint density at radius 1 is 1.10 bits per heavy atom. The molecule has 0 saturated carbocycles. The van der Waals surface area contributed by atoms with Crippen molar-refractivity contribution < 1.29 is 4.74 Å². The van der Waals surface area contributed by atoms with E-state index in [1.807, 2.05) is 6.07 Å². The zero-order valence-corrected chi connectivity index (χ0v) is 14.2. The lowest BCUT2D eigenvalue weighted by atomic mass is 9.95. The van der Waals surface area contributed by atoms with Gasteiger partial charge in [0, 0.05) is 32.2 Å². The van der Waals surface area contributed by atoms with Crippen LogP contribution in [0.15, 0.2) is 6.07 Å². The van der Waals surface area contributed by atoms with Crippen LogP contribution in [0.1, 0.15) is 53.1 Å². The number of rotatable bonds is 4. The molecule has 0 aliphatic carbocycles. The van der Waals surface area contributed by atoms with Crippen molar-refractivity contribution in [2.45, 2.75) is 53.6 Å². The Bertz CT molecular complexity index is 444. The highest BCUT2D eigenvalue weighted by Gasteiger charge is 2.21. The van der Waals surface area contributed by atoms with Crippen molar-refractivity contribution in [2.75, 3.05) is 25.6 Å². The summed E-state index contributed by atoms with van der Waals surface area (Å²) in [7, 11) is 3.77. The molecule has 0 atom stereocenters. The van der Waals surface area contributed by atoms with Crippen molar-refractivity contribution in [3.05, 3.63) is 17.6 Å². The van der Waals surface area contributed by atoms with Gasteiger partial charge in [0.1, 0.15) is 11.6 Å². The second kappa shape index (κ2) is 6.08. The third kappa shape index (κ3) is 5.08. The summed E-state index contributed by atoms with van der Waals surface area (Å²) in [5, 5.41) is 0. The van der Waals surface area contributed by atoms with Crippen molar-refractivity contribution in [3.8, 4) is 0 Å². The highest BCUT2D eigenvalue weighted by molar-refractivity contribution is 5.40. The highest BCUT2D eigenvalue weighted by Crippen LogP contribution is 2.24. The number of nitrogens with zero attached hydrogens (tertiary/aromatic N) is 3. The molecule has 1 aromatic rings. The fraction of sp³-hybridized carbons (Fsp3) is 0.750. The first kappa shape index (κ1) is 16.9. The van der Waals surface area contributed by atoms with Gasteiger partial charge in [0.15, 0.2) is 0 Å². The number of hydrogen-bond donors (Lipinski definition) is 0. The molecular weight excluding hydrogens is 250 g/mol. The van der Waals surface area contributed by atoms with Crippen molar-refractivity contribution in [2.24, 2.45) is 5.41 Å². The molecule has 4 nitrogen and oxygen atoms in total. The number of aromatic nitrogens is 2. The molecule has 0 spiro atoms. The smallest absolute Gasteiger partial charge is 0.136 e. The molecule has 1 heterocycles. The molecule has 0 bridgehead atoms. The van der Waals surface area contributed by atoms with Crippen LogP contribution < -0.4 is 4.90 Å². The molecule has 0 aromatic carbocycles. The van der Waals surface area contributed by atoms with E-state index >= 15 is 0 Å². The van der Waals surface area contributed by atoms with Crippen LogP contribution in [0.2, 0.25) is 0 Å². The van der Waals surface area contributed by atoms with E-state index in [0.29, 0.717) is 6.61 Å². The first-order chi connectivity index (χ1) is 9.03. The largest absolute Gasteiger partial charge is 0.378 e. The lowest BCUT2D eigenvalue weighted by molar-refractivity contribution is 0.181. The van der Waals surface area contributed by atoms with Gasteiger partial charge < -0.3 is 9.64 Å². The summed E-state index contributed by atoms with van der Waals surface area (Å²) < 4.78 is 5.22. The second-order valence-corrected chi connectivity index (χ2v) is 7.64. The van der Waals surface area contributed by atoms with Gasteiger partial charge in [0.05, 0.1) is 12.3 Å². The Hall–Kier alpha value is -1.16. The van der Waals surface area contributed by atoms with E-state index in [0.717, 1.165) is 23.9 Å². The first-order valence-corrected chi connectivity index (χ1v) is 7.11. The van der Waals surface area contributed by atoms with E-state index in [1.54, 1.807) is 7.11 Å². The lowest BCUT2D eigenvalue weighted by Crippen LogP contribution is -2.31. The summed E-state index contributed by atoms with van der Waals surface area (Å²) in [5.74, 6) is 1.83. The minimum absolute atomic E-state index is 0.0684. The van der Waals surface area contributed by atoms with Gasteiger partial charge in [-0.25, -0.2) is 9.97 Å². The van der Waals surface area contributed by atoms with E-state index in [1.165, 1.54) is 0 Å². The maximum absolute atomic E-state index is 5.22. The Morgan fingerprint density at radius 3 is 2.15 bits per heavy atom. The maximum Gasteiger partial charge on any atom is 0.136 e. The molecule has 20 heavy (non-hydrogen) atoms. The van der Waals surface area contributed by atoms with Gasteiger partial charge >= 0.3 is 0 Å². The average Bonchev–Trinajstić information content (AvgIpc) is 2.25. The van der Waals surface area contributed by atoms with Gasteiger partial charge in [-0.05, 0) is 5.41 Å². The Labute approximate surface area is 123 Å². The van der Waals surface area contributed by atoms with Crippen LogP contribution in [-0.2, 0) is 16.8 Å². The minimum atomic E-state index is -0.0684. The lowest BCUT2D eigenvalue weighted by Gasteiger charge is -2.29. The monoisotopic (exact) mass is 279 g/mol. The molecule has 0 saturated heterocycles. The zero-order valence-electron chi connectivity index (χ0n) is 14.2. The number of methoxy groups -OCH3 is 1. The van der Waals surface area contributed by atoms with Gasteiger partial charge in [-0.1, -0.05) is 41.5 Å². The maximum atomic E-state index is 5.22. The summed E-state index contributed by atoms with van der Waals surface area (Å²) in [5.41, 5.74) is 1.09. The molecule has 0 N–H and O–H groups in total. The molecular formula is C16H29N3O. The van der Waals surface area contributed by atoms with E-state index in [-0.39, 0.29) is 10.8 Å². The van der Waals surface area contributed by atoms with E-state index in [4.69, 9.17) is 9.72 Å². The van der Waals surface area contributed by atoms with Crippen LogP contribution >= 0.6 is 0 Å². The summed E-state index contributed by atoms with van der Waals surface area (Å²) >= 11 is 0. The number of ether oxygens (including phenoxy) is 1. The fourth-order valence-electron chi connectivity index (χ4n) is 2.03. The van der Waals surface area contributed by atoms with Crippen LogP contribution in [0.5, 0.6) is 0 Å². The molecule has 1 aromatic heterocycles. The Balaban J connectivity index is 3.15. The quantitative estimate of drug-likeness (QED) is 0.846. The van der Waals surface area contributed by atoms with E-state index in [9.17, 15) is 0 Å². The fourth-order valence-corrected chi connectivity index (χ4v) is 2.03. The first-order valence-electron chi connectivity index (χ1n) is 7.11. The minimum Gasteiger partial charge on any atom is -0.378 e. The average molecular weight is 279 g/mol. The van der Waals surface area contributed by atoms with Crippen molar-refractivity contribution in [1.82, 2.24) is 9.97 Å². The molecule has 114 valence electrons. The van der Waals surface area contributed by atoms with E-state index in [2.05, 4.69) is 58.5 Å². The molecule has 0 radical (unpaired) electrons. The van der Waals surface area contributed by atoms with Crippen molar-refractivity contribution in [3.63, 3.8) is 0 Å². The molecule has 4 heteroatoms. The molecule has 0 aliphatic heterocycles. The van der Waals surface area contributed by atoms with Crippen molar-refractivity contribution in [1.29, 1.82) is 0 Å². The summed E-state index contributed by atoms with van der Waals surface area (Å²) in [6.07, 6.45) is 0. The third-order valence-electron chi connectivity index (χ3n) is 2.83. The van der Waals surface area contributed by atoms with Gasteiger partial charge in [-0.2, -0.15) is 0 Å². The van der Waals surface area contributed by atoms with Gasteiger partial charge in [-0.15, -0.1) is 0 Å². The number of hydrogen-bond acceptors (Lipinski definition) is 4. The third-order valence-corrected chi connectivity index (χ3v) is 2.83. The van der Waals surface area contributed by atoms with Crippen LogP contribution in [0, 0.1) is 5.41 Å². The van der Waals surface area contributed by atoms with Crippen LogP contribution in [0.3, 0.4) is 0 Å². The summed E-state index contributed by atoms with van der Waals surface area (Å²) in [6.45, 7) is 14.5. The van der Waals surface area contributed by atoms with Crippen LogP contribution in [-0.4, -0.2) is 30.7 Å². The van der Waals surface area contributed by atoms with Gasteiger partial charge in [0.25, 0.3) is 0 Å². The number of anilines is 1. The zero-order chi connectivity index (χ0) is 15.6. The molecule has 1 rings (SSSR count). The van der Waals surface area contributed by atoms with Crippen LogP contribution in [0.25, 0.3) is 0 Å². The highest BCUT2D eigenvalue weighted by atomic mass is 16.5. The predicted molar refractivity (Wildman–Crippen MR) is 84.2 cm³/mol. The Kier molecular flexibility index (Phi) is 5.14.